The molecule has 5 rings (SSSR count). The Morgan fingerprint density at radius 3 is 2.03 bits per heavy atom. The van der Waals surface area contributed by atoms with Crippen molar-refractivity contribution in [2.45, 2.75) is 65.9 Å². The van der Waals surface area contributed by atoms with Crippen LogP contribution < -0.4 is 14.8 Å². The Balaban J connectivity index is 1.58. The fourth-order valence-electron chi connectivity index (χ4n) is 6.05. The molecule has 0 fully saturated rings. The number of dihydropyridines is 1. The van der Waals surface area contributed by atoms with Crippen molar-refractivity contribution in [1.29, 1.82) is 0 Å². The minimum Gasteiger partial charge on any atom is -0.493 e. The lowest BCUT2D eigenvalue weighted by Gasteiger charge is -2.44. The minimum absolute atomic E-state index is 0.0815. The van der Waals surface area contributed by atoms with Crippen LogP contribution in [0.1, 0.15) is 70.4 Å². The number of carbonyl (C=O) groups is 2. The molecule has 1 N–H and O–H groups in total. The van der Waals surface area contributed by atoms with Crippen LogP contribution in [0.25, 0.3) is 0 Å². The highest BCUT2D eigenvalue weighted by Crippen LogP contribution is 2.52. The predicted octanol–water partition coefficient (Wildman–Crippen LogP) is 8.32. The number of nitrogens with one attached hydrogen (secondary N) is 1. The van der Waals surface area contributed by atoms with Gasteiger partial charge in [-0.2, -0.15) is 0 Å². The van der Waals surface area contributed by atoms with E-state index in [-0.39, 0.29) is 29.0 Å². The maximum absolute atomic E-state index is 13.6. The van der Waals surface area contributed by atoms with Crippen molar-refractivity contribution in [1.82, 2.24) is 5.32 Å². The van der Waals surface area contributed by atoms with Gasteiger partial charge in [-0.25, -0.2) is 0 Å². The average molecular weight is 633 g/mol. The third kappa shape index (κ3) is 5.53. The van der Waals surface area contributed by atoms with E-state index in [1.807, 2.05) is 18.2 Å². The monoisotopic (exact) mass is 631 g/mol. The lowest BCUT2D eigenvalue weighted by Crippen LogP contribution is -2.42. The van der Waals surface area contributed by atoms with Crippen molar-refractivity contribution in [2.75, 3.05) is 7.11 Å². The van der Waals surface area contributed by atoms with Crippen LogP contribution >= 0.6 is 39.1 Å². The highest BCUT2D eigenvalue weighted by Gasteiger charge is 2.46. The van der Waals surface area contributed by atoms with Crippen LogP contribution in [-0.2, 0) is 16.2 Å². The normalized spacial score (nSPS) is 20.4. The van der Waals surface area contributed by atoms with Crippen LogP contribution in [0, 0.1) is 10.8 Å². The molecule has 2 aromatic rings. The first-order valence-electron chi connectivity index (χ1n) is 13.0. The van der Waals surface area contributed by atoms with Gasteiger partial charge in [0.2, 0.25) is 0 Å². The van der Waals surface area contributed by atoms with E-state index in [4.69, 9.17) is 32.7 Å². The summed E-state index contributed by atoms with van der Waals surface area (Å²) < 4.78 is 12.6. The topological polar surface area (TPSA) is 64.6 Å². The summed E-state index contributed by atoms with van der Waals surface area (Å²) >= 11 is 15.9. The van der Waals surface area contributed by atoms with Crippen LogP contribution in [0.4, 0.5) is 0 Å². The third-order valence-corrected chi connectivity index (χ3v) is 9.00. The molecule has 0 saturated heterocycles. The second kappa shape index (κ2) is 10.3. The third-order valence-electron chi connectivity index (χ3n) is 7.67. The second-order valence-corrected chi connectivity index (χ2v) is 14.0. The summed E-state index contributed by atoms with van der Waals surface area (Å²) in [6.07, 6.45) is 2.38. The van der Waals surface area contributed by atoms with Gasteiger partial charge in [-0.3, -0.25) is 9.59 Å². The van der Waals surface area contributed by atoms with Crippen molar-refractivity contribution in [3.8, 4) is 11.5 Å². The first kappa shape index (κ1) is 28.3. The molecule has 5 nitrogen and oxygen atoms in total. The van der Waals surface area contributed by atoms with E-state index in [2.05, 4.69) is 48.9 Å². The molecule has 0 unspecified atom stereocenters. The van der Waals surface area contributed by atoms with Gasteiger partial charge in [0.05, 0.1) is 21.6 Å². The quantitative estimate of drug-likeness (QED) is 0.359. The van der Waals surface area contributed by atoms with Crippen molar-refractivity contribution in [3.05, 3.63) is 78.5 Å². The molecular formula is C31H32BrCl2NO4. The Bertz CT molecular complexity index is 1400. The van der Waals surface area contributed by atoms with Crippen LogP contribution in [0.15, 0.2) is 57.3 Å². The summed E-state index contributed by atoms with van der Waals surface area (Å²) in [6, 6.07) is 9.18. The van der Waals surface area contributed by atoms with Gasteiger partial charge in [-0.1, -0.05) is 57.0 Å². The molecule has 1 aliphatic heterocycles. The molecule has 0 atom stereocenters. The SMILES string of the molecule is COc1cc(C2C3=C(CC(C)(C)CC3=O)NC3=C2C(=O)CC(C)(C)C3)cc(Br)c1OCc1ccc(Cl)c(Cl)c1. The Morgan fingerprint density at radius 1 is 0.897 bits per heavy atom. The van der Waals surface area contributed by atoms with Crippen molar-refractivity contribution in [3.63, 3.8) is 0 Å². The zero-order valence-electron chi connectivity index (χ0n) is 22.8. The van der Waals surface area contributed by atoms with Gasteiger partial charge in [0.1, 0.15) is 6.61 Å². The summed E-state index contributed by atoms with van der Waals surface area (Å²) in [4.78, 5) is 27.3. The smallest absolute Gasteiger partial charge is 0.175 e. The molecule has 0 saturated carbocycles. The zero-order valence-corrected chi connectivity index (χ0v) is 25.9. The highest BCUT2D eigenvalue weighted by atomic mass is 79.9. The minimum atomic E-state index is -0.460. The van der Waals surface area contributed by atoms with Crippen LogP contribution in [-0.4, -0.2) is 18.7 Å². The molecule has 0 aromatic heterocycles. The number of allylic oxidation sites excluding steroid dienone is 4. The Kier molecular flexibility index (Phi) is 7.45. The summed E-state index contributed by atoms with van der Waals surface area (Å²) in [6.45, 7) is 8.72. The summed E-state index contributed by atoms with van der Waals surface area (Å²) in [7, 11) is 1.58. The van der Waals surface area contributed by atoms with Crippen LogP contribution in [0.2, 0.25) is 10.0 Å². The Morgan fingerprint density at radius 2 is 1.49 bits per heavy atom. The van der Waals surface area contributed by atoms with Gasteiger partial charge in [0.15, 0.2) is 23.1 Å². The average Bonchev–Trinajstić information content (AvgIpc) is 2.82. The number of Topliss-reactive ketones (excluding diaryl/α,β-unsaturated/α-hetero) is 2. The van der Waals surface area contributed by atoms with E-state index >= 15 is 0 Å². The summed E-state index contributed by atoms with van der Waals surface area (Å²) in [5.41, 5.74) is 4.63. The molecule has 2 aromatic carbocycles. The second-order valence-electron chi connectivity index (χ2n) is 12.3. The van der Waals surface area contributed by atoms with Gasteiger partial charge in [0.25, 0.3) is 0 Å². The van der Waals surface area contributed by atoms with Crippen molar-refractivity contribution >= 4 is 50.7 Å². The van der Waals surface area contributed by atoms with Gasteiger partial charge in [-0.15, -0.1) is 0 Å². The molecule has 8 heteroatoms. The number of ether oxygens (including phenoxy) is 2. The van der Waals surface area contributed by atoms with Crippen LogP contribution in [0.3, 0.4) is 0 Å². The number of ketones is 2. The van der Waals surface area contributed by atoms with Crippen molar-refractivity contribution < 1.29 is 19.1 Å². The number of carbonyl (C=O) groups excluding carboxylic acids is 2. The van der Waals surface area contributed by atoms with E-state index in [0.717, 1.165) is 35.4 Å². The van der Waals surface area contributed by atoms with E-state index in [9.17, 15) is 9.59 Å². The number of methoxy groups -OCH3 is 1. The summed E-state index contributed by atoms with van der Waals surface area (Å²) in [5, 5.41) is 4.50. The predicted molar refractivity (Wildman–Crippen MR) is 157 cm³/mol. The van der Waals surface area contributed by atoms with Crippen molar-refractivity contribution in [2.24, 2.45) is 10.8 Å². The van der Waals surface area contributed by atoms with E-state index < -0.39 is 5.92 Å². The molecule has 0 bridgehead atoms. The Labute approximate surface area is 248 Å². The molecular weight excluding hydrogens is 601 g/mol. The molecule has 1 heterocycles. The van der Waals surface area contributed by atoms with E-state index in [0.29, 0.717) is 50.0 Å². The first-order chi connectivity index (χ1) is 18.3. The maximum Gasteiger partial charge on any atom is 0.175 e. The zero-order chi connectivity index (χ0) is 28.3. The molecule has 0 spiro atoms. The number of hydrogen-bond acceptors (Lipinski definition) is 5. The molecule has 0 radical (unpaired) electrons. The molecule has 39 heavy (non-hydrogen) atoms. The molecule has 3 aliphatic rings. The first-order valence-corrected chi connectivity index (χ1v) is 14.6. The molecule has 206 valence electrons. The number of rotatable bonds is 5. The number of benzene rings is 2. The van der Waals surface area contributed by atoms with E-state index in [1.54, 1.807) is 19.2 Å². The van der Waals surface area contributed by atoms with Crippen LogP contribution in [0.5, 0.6) is 11.5 Å². The lowest BCUT2D eigenvalue weighted by molar-refractivity contribution is -0.119. The van der Waals surface area contributed by atoms with Gasteiger partial charge < -0.3 is 14.8 Å². The largest absolute Gasteiger partial charge is 0.493 e. The van der Waals surface area contributed by atoms with E-state index in [1.165, 1.54) is 0 Å². The maximum atomic E-state index is 13.6. The van der Waals surface area contributed by atoms with Gasteiger partial charge in [-0.05, 0) is 75.0 Å². The number of hydrogen-bond donors (Lipinski definition) is 1. The fraction of sp³-hybridized carbons (Fsp3) is 0.419. The summed E-state index contributed by atoms with van der Waals surface area (Å²) in [5.74, 6) is 0.736. The standard InChI is InChI=1S/C31H32BrCl2NO4/c1-30(2)11-21-27(23(36)13-30)26(28-22(35-21)12-31(3,4)14-24(28)37)17-9-18(32)29(25(10-17)38-5)39-15-16-6-7-19(33)20(34)8-16/h6-10,26,35H,11-15H2,1-5H3. The lowest BCUT2D eigenvalue weighted by atomic mass is 9.64. The Hall–Kier alpha value is -2.28. The molecule has 2 aliphatic carbocycles. The fourth-order valence-corrected chi connectivity index (χ4v) is 6.95. The highest BCUT2D eigenvalue weighted by molar-refractivity contribution is 9.10. The van der Waals surface area contributed by atoms with Gasteiger partial charge in [0, 0.05) is 41.3 Å². The number of halogens is 3. The van der Waals surface area contributed by atoms with Gasteiger partial charge >= 0.3 is 0 Å². The molecule has 0 amide bonds.